The summed E-state index contributed by atoms with van der Waals surface area (Å²) < 4.78 is 37.9. The van der Waals surface area contributed by atoms with Gasteiger partial charge in [0.1, 0.15) is 35.5 Å². The maximum absolute atomic E-state index is 14.4. The minimum atomic E-state index is -1.95. The molecular weight excluding hydrogens is 851 g/mol. The molecule has 0 aliphatic carbocycles. The third-order valence-electron chi connectivity index (χ3n) is 13.6. The summed E-state index contributed by atoms with van der Waals surface area (Å²) in [6.45, 7) is 19.9. The van der Waals surface area contributed by atoms with Gasteiger partial charge in [-0.25, -0.2) is 4.98 Å². The van der Waals surface area contributed by atoms with Gasteiger partial charge in [-0.3, -0.25) is 4.79 Å². The predicted molar refractivity (Wildman–Crippen MR) is 241 cm³/mol. The van der Waals surface area contributed by atoms with Crippen molar-refractivity contribution in [1.29, 1.82) is 0 Å². The molecule has 2 unspecified atom stereocenters. The SMILES string of the molecule is CC[C@H]1OC(=O)[C@H](C)[C@@H](O[C@H]2C[C@@](C)(OC)[C@H](O)[C@H](C)O2)[C@H](C)[C@H](O[C@@H]2O[C@H](C)CC(N(C)C)[C@@H]2O)C(C)(O)C[C@@H](C)/C(=N\OCCNCCNCc2nccs2)[C@H](C)[C@H](O)[C@]1(C)O. The van der Waals surface area contributed by atoms with E-state index in [1.807, 2.05) is 38.2 Å². The van der Waals surface area contributed by atoms with Crippen LogP contribution < -0.4 is 10.6 Å². The average Bonchev–Trinajstić information content (AvgIpc) is 3.76. The molecule has 3 aliphatic rings. The molecule has 3 aliphatic heterocycles. The van der Waals surface area contributed by atoms with Crippen LogP contribution in [0.3, 0.4) is 0 Å². The molecule has 370 valence electrons. The zero-order chi connectivity index (χ0) is 47.7. The second-order valence-electron chi connectivity index (χ2n) is 19.3. The Bertz CT molecular complexity index is 1590. The number of aliphatic hydroxyl groups excluding tert-OH is 3. The topological polar surface area (TPSA) is 235 Å². The second-order valence-corrected chi connectivity index (χ2v) is 20.3. The van der Waals surface area contributed by atoms with E-state index in [0.29, 0.717) is 38.3 Å². The van der Waals surface area contributed by atoms with Crippen LogP contribution in [0.4, 0.5) is 0 Å². The molecule has 4 rings (SSSR count). The number of nitrogens with one attached hydrogen (secondary N) is 2. The highest BCUT2D eigenvalue weighted by Crippen LogP contribution is 2.41. The van der Waals surface area contributed by atoms with E-state index in [4.69, 9.17) is 33.3 Å². The van der Waals surface area contributed by atoms with E-state index in [1.54, 1.807) is 66.0 Å². The van der Waals surface area contributed by atoms with Crippen molar-refractivity contribution >= 4 is 23.0 Å². The first-order valence-electron chi connectivity index (χ1n) is 23.0. The summed E-state index contributed by atoms with van der Waals surface area (Å²) in [5.41, 5.74) is -4.40. The Morgan fingerprint density at radius 3 is 2.27 bits per heavy atom. The van der Waals surface area contributed by atoms with Crippen LogP contribution in [-0.2, 0) is 44.6 Å². The maximum atomic E-state index is 14.4. The lowest BCUT2D eigenvalue weighted by molar-refractivity contribution is -0.317. The molecule has 0 saturated carbocycles. The summed E-state index contributed by atoms with van der Waals surface area (Å²) in [5, 5.41) is 73.9. The summed E-state index contributed by atoms with van der Waals surface area (Å²) in [6, 6.07) is -0.325. The van der Waals surface area contributed by atoms with E-state index in [1.165, 1.54) is 14.0 Å². The normalized spacial score (nSPS) is 42.6. The number of nitrogens with zero attached hydrogens (tertiary/aromatic N) is 3. The van der Waals surface area contributed by atoms with Crippen LogP contribution in [0.1, 0.15) is 99.9 Å². The van der Waals surface area contributed by atoms with Crippen molar-refractivity contribution in [2.24, 2.45) is 28.8 Å². The number of hydrogen-bond donors (Lipinski definition) is 7. The average molecular weight is 932 g/mol. The summed E-state index contributed by atoms with van der Waals surface area (Å²) in [6.07, 6.45) is -7.61. The largest absolute Gasteiger partial charge is 0.459 e. The molecule has 64 heavy (non-hydrogen) atoms. The van der Waals surface area contributed by atoms with Gasteiger partial charge < -0.3 is 74.3 Å². The Morgan fingerprint density at radius 2 is 1.64 bits per heavy atom. The van der Waals surface area contributed by atoms with Gasteiger partial charge in [0.05, 0.1) is 53.4 Å². The van der Waals surface area contributed by atoms with E-state index in [2.05, 4.69) is 20.8 Å². The third-order valence-corrected chi connectivity index (χ3v) is 14.4. The Morgan fingerprint density at radius 1 is 0.953 bits per heavy atom. The van der Waals surface area contributed by atoms with Crippen molar-refractivity contribution in [3.05, 3.63) is 16.6 Å². The summed E-state index contributed by atoms with van der Waals surface area (Å²) >= 11 is 1.59. The van der Waals surface area contributed by atoms with E-state index < -0.39 is 102 Å². The third kappa shape index (κ3) is 13.6. The molecule has 4 heterocycles. The van der Waals surface area contributed by atoms with Gasteiger partial charge in [0.25, 0.3) is 0 Å². The van der Waals surface area contributed by atoms with Gasteiger partial charge in [0, 0.05) is 75.1 Å². The van der Waals surface area contributed by atoms with Crippen molar-refractivity contribution in [3.63, 3.8) is 0 Å². The fourth-order valence-electron chi connectivity index (χ4n) is 9.67. The number of likely N-dealkylation sites (N-methyl/N-ethyl adjacent to an activating group) is 1. The van der Waals surface area contributed by atoms with Crippen molar-refractivity contribution in [3.8, 4) is 0 Å². The number of ether oxygens (including phenoxy) is 6. The smallest absolute Gasteiger partial charge is 0.311 e. The van der Waals surface area contributed by atoms with Gasteiger partial charge in [-0.05, 0) is 74.9 Å². The van der Waals surface area contributed by atoms with Crippen LogP contribution in [0.15, 0.2) is 16.7 Å². The molecule has 19 heteroatoms. The molecular formula is C45H81N5O13S. The molecule has 18 atom stereocenters. The maximum Gasteiger partial charge on any atom is 0.311 e. The Hall–Kier alpha value is -1.95. The number of aromatic nitrogens is 1. The quantitative estimate of drug-likeness (QED) is 0.0717. The van der Waals surface area contributed by atoms with E-state index in [9.17, 15) is 30.3 Å². The van der Waals surface area contributed by atoms with Crippen LogP contribution in [0.5, 0.6) is 0 Å². The highest BCUT2D eigenvalue weighted by molar-refractivity contribution is 7.09. The lowest BCUT2D eigenvalue weighted by Gasteiger charge is -2.49. The fraction of sp³-hybridized carbons (Fsp3) is 0.889. The minimum absolute atomic E-state index is 0.00441. The van der Waals surface area contributed by atoms with Gasteiger partial charge >= 0.3 is 5.97 Å². The zero-order valence-electron chi connectivity index (χ0n) is 40.4. The molecule has 3 fully saturated rings. The molecule has 0 radical (unpaired) electrons. The first-order chi connectivity index (χ1) is 30.0. The van der Waals surface area contributed by atoms with Crippen LogP contribution in [0.25, 0.3) is 0 Å². The predicted octanol–water partition coefficient (Wildman–Crippen LogP) is 2.43. The number of esters is 1. The number of thiazole rings is 1. The molecule has 1 aromatic heterocycles. The summed E-state index contributed by atoms with van der Waals surface area (Å²) in [4.78, 5) is 26.5. The number of aliphatic hydroxyl groups is 5. The molecule has 3 saturated heterocycles. The molecule has 0 amide bonds. The van der Waals surface area contributed by atoms with Crippen LogP contribution in [-0.4, -0.2) is 179 Å². The fourth-order valence-corrected chi connectivity index (χ4v) is 10.3. The number of methoxy groups -OCH3 is 1. The highest BCUT2D eigenvalue weighted by atomic mass is 32.1. The molecule has 0 aromatic carbocycles. The highest BCUT2D eigenvalue weighted by Gasteiger charge is 2.53. The van der Waals surface area contributed by atoms with Crippen molar-refractivity contribution in [2.75, 3.05) is 47.4 Å². The second kappa shape index (κ2) is 23.9. The van der Waals surface area contributed by atoms with E-state index >= 15 is 0 Å². The molecule has 18 nitrogen and oxygen atoms in total. The number of carbonyl (C=O) groups is 1. The Labute approximate surface area is 384 Å². The molecule has 1 aromatic rings. The van der Waals surface area contributed by atoms with Crippen molar-refractivity contribution in [2.45, 2.75) is 186 Å². The summed E-state index contributed by atoms with van der Waals surface area (Å²) in [5.74, 6) is -4.05. The monoisotopic (exact) mass is 932 g/mol. The number of oxime groups is 1. The van der Waals surface area contributed by atoms with Gasteiger partial charge in [-0.2, -0.15) is 0 Å². The molecule has 7 N–H and O–H groups in total. The first-order valence-corrected chi connectivity index (χ1v) is 23.9. The number of hydrogen-bond acceptors (Lipinski definition) is 19. The van der Waals surface area contributed by atoms with Crippen molar-refractivity contribution in [1.82, 2.24) is 20.5 Å². The van der Waals surface area contributed by atoms with Crippen LogP contribution in [0.2, 0.25) is 0 Å². The van der Waals surface area contributed by atoms with Crippen LogP contribution in [0, 0.1) is 23.7 Å². The van der Waals surface area contributed by atoms with Gasteiger partial charge in [-0.15, -0.1) is 11.3 Å². The van der Waals surface area contributed by atoms with Crippen LogP contribution >= 0.6 is 11.3 Å². The summed E-state index contributed by atoms with van der Waals surface area (Å²) in [7, 11) is 5.24. The lowest BCUT2D eigenvalue weighted by Crippen LogP contribution is -2.61. The number of cyclic esters (lactones) is 1. The molecule has 0 bridgehead atoms. The standard InChI is InChI=1S/C45H81N5O13S/c1-14-32-45(10,56)38(52)27(4)35(49-58-19-17-46-15-16-47-24-33-48-18-20-64-33)25(2)22-43(8,55)40(63-42-36(51)31(50(11)12)21-26(3)59-42)28(5)37(29(6)41(54)61-32)62-34-23-44(9,57-13)39(53)30(7)60-34/h18,20,25-32,34,36-40,42,46-47,51-53,55-56H,14-17,19,21-24H2,1-13H3/b49-35+/t25-,26-,27+,28+,29-,30+,31?,32-,34+,36+,37+,38+,39-,40+,42+,43?,44-,45-/m1/s1. The Kier molecular flexibility index (Phi) is 20.4. The van der Waals surface area contributed by atoms with Crippen molar-refractivity contribution < 1.29 is 63.6 Å². The van der Waals surface area contributed by atoms with Gasteiger partial charge in [0.15, 0.2) is 12.6 Å². The van der Waals surface area contributed by atoms with E-state index in [0.717, 1.165) is 5.01 Å². The minimum Gasteiger partial charge on any atom is -0.459 e. The van der Waals surface area contributed by atoms with E-state index in [-0.39, 0.29) is 38.0 Å². The zero-order valence-corrected chi connectivity index (χ0v) is 41.2. The first kappa shape index (κ1) is 54.7. The lowest BCUT2D eigenvalue weighted by atomic mass is 9.73. The van der Waals surface area contributed by atoms with Gasteiger partial charge in [-0.1, -0.05) is 32.9 Å². The van der Waals surface area contributed by atoms with Gasteiger partial charge in [0.2, 0.25) is 0 Å². The Balaban J connectivity index is 1.73. The molecule has 0 spiro atoms. The number of rotatable bonds is 16. The number of carbonyl (C=O) groups excluding carboxylic acids is 1.